The van der Waals surface area contributed by atoms with Crippen LogP contribution in [0.25, 0.3) is 0 Å². The highest BCUT2D eigenvalue weighted by Crippen LogP contribution is 2.20. The highest BCUT2D eigenvalue weighted by molar-refractivity contribution is 5.75. The summed E-state index contributed by atoms with van der Waals surface area (Å²) in [6.07, 6.45) is 1.67. The number of hydrogen-bond acceptors (Lipinski definition) is 2. The second-order valence-electron chi connectivity index (χ2n) is 4.12. The van der Waals surface area contributed by atoms with E-state index in [2.05, 4.69) is 11.4 Å². The van der Waals surface area contributed by atoms with Gasteiger partial charge in [0.15, 0.2) is 0 Å². The van der Waals surface area contributed by atoms with Crippen LogP contribution < -0.4 is 5.32 Å². The van der Waals surface area contributed by atoms with E-state index in [1.54, 1.807) is 12.1 Å². The van der Waals surface area contributed by atoms with Gasteiger partial charge < -0.3 is 5.32 Å². The van der Waals surface area contributed by atoms with Crippen LogP contribution in [0.4, 0.5) is 4.39 Å². The summed E-state index contributed by atoms with van der Waals surface area (Å²) in [5, 5.41) is 11.8. The van der Waals surface area contributed by atoms with Gasteiger partial charge in [-0.2, -0.15) is 5.26 Å². The fourth-order valence-electron chi connectivity index (χ4n) is 1.63. The van der Waals surface area contributed by atoms with Crippen molar-refractivity contribution >= 4 is 5.91 Å². The summed E-state index contributed by atoms with van der Waals surface area (Å²) < 4.78 is 12.8. The molecule has 0 spiro atoms. The van der Waals surface area contributed by atoms with Crippen LogP contribution in [0, 0.1) is 17.1 Å². The van der Waals surface area contributed by atoms with Gasteiger partial charge in [-0.1, -0.05) is 19.1 Å². The Hall–Kier alpha value is -1.89. The lowest BCUT2D eigenvalue weighted by Crippen LogP contribution is -2.24. The molecule has 1 amide bonds. The zero-order valence-corrected chi connectivity index (χ0v) is 10.4. The van der Waals surface area contributed by atoms with Crippen molar-refractivity contribution < 1.29 is 9.18 Å². The lowest BCUT2D eigenvalue weighted by molar-refractivity contribution is -0.121. The van der Waals surface area contributed by atoms with Crippen molar-refractivity contribution in [1.82, 2.24) is 5.32 Å². The fraction of sp³-hybridized carbons (Fsp3) is 0.429. The third kappa shape index (κ3) is 4.54. The minimum atomic E-state index is -0.363. The van der Waals surface area contributed by atoms with Gasteiger partial charge in [0.05, 0.1) is 12.0 Å². The van der Waals surface area contributed by atoms with Crippen LogP contribution in [-0.4, -0.2) is 12.5 Å². The van der Waals surface area contributed by atoms with E-state index >= 15 is 0 Å². The fourth-order valence-corrected chi connectivity index (χ4v) is 1.63. The van der Waals surface area contributed by atoms with Gasteiger partial charge in [-0.15, -0.1) is 0 Å². The van der Waals surface area contributed by atoms with Gasteiger partial charge in [0.1, 0.15) is 5.82 Å². The van der Waals surface area contributed by atoms with E-state index in [4.69, 9.17) is 5.26 Å². The molecule has 1 unspecified atom stereocenters. The van der Waals surface area contributed by atoms with Gasteiger partial charge >= 0.3 is 0 Å². The Morgan fingerprint density at radius 3 is 2.67 bits per heavy atom. The molecule has 0 saturated carbocycles. The van der Waals surface area contributed by atoms with E-state index in [0.717, 1.165) is 12.0 Å². The molecule has 0 bridgehead atoms. The van der Waals surface area contributed by atoms with Crippen LogP contribution in [0.1, 0.15) is 37.7 Å². The number of carbonyl (C=O) groups excluding carboxylic acids is 1. The molecule has 4 heteroatoms. The standard InChI is InChI=1S/C14H17FN2O/c1-2-9-17-14(18)8-5-12(10-16)11-3-6-13(15)7-4-11/h3-4,6-7,12H,2,5,8-9H2,1H3,(H,17,18). The smallest absolute Gasteiger partial charge is 0.220 e. The first-order valence-corrected chi connectivity index (χ1v) is 6.09. The molecule has 1 aromatic rings. The molecule has 1 atom stereocenters. The topological polar surface area (TPSA) is 52.9 Å². The van der Waals surface area contributed by atoms with Crippen molar-refractivity contribution in [1.29, 1.82) is 5.26 Å². The van der Waals surface area contributed by atoms with E-state index in [0.29, 0.717) is 19.4 Å². The van der Waals surface area contributed by atoms with Crippen molar-refractivity contribution in [3.05, 3.63) is 35.6 Å². The van der Waals surface area contributed by atoms with Crippen molar-refractivity contribution in [2.45, 2.75) is 32.1 Å². The molecule has 1 N–H and O–H groups in total. The normalized spacial score (nSPS) is 11.6. The maximum Gasteiger partial charge on any atom is 0.220 e. The molecular weight excluding hydrogens is 231 g/mol. The first-order chi connectivity index (χ1) is 8.67. The van der Waals surface area contributed by atoms with Gasteiger partial charge in [-0.3, -0.25) is 4.79 Å². The maximum absolute atomic E-state index is 12.8. The number of benzene rings is 1. The van der Waals surface area contributed by atoms with Crippen LogP contribution in [0.15, 0.2) is 24.3 Å². The van der Waals surface area contributed by atoms with Gasteiger partial charge in [0.25, 0.3) is 0 Å². The molecule has 0 aliphatic heterocycles. The van der Waals surface area contributed by atoms with Crippen molar-refractivity contribution in [2.75, 3.05) is 6.54 Å². The lowest BCUT2D eigenvalue weighted by Gasteiger charge is -2.09. The molecule has 0 aliphatic carbocycles. The number of nitriles is 1. The number of halogens is 1. The first-order valence-electron chi connectivity index (χ1n) is 6.09. The van der Waals surface area contributed by atoms with E-state index in [-0.39, 0.29) is 17.6 Å². The quantitative estimate of drug-likeness (QED) is 0.841. The molecule has 0 fully saturated rings. The van der Waals surface area contributed by atoms with E-state index in [9.17, 15) is 9.18 Å². The monoisotopic (exact) mass is 248 g/mol. The van der Waals surface area contributed by atoms with Crippen LogP contribution in [-0.2, 0) is 4.79 Å². The predicted octanol–water partition coefficient (Wildman–Crippen LogP) is 2.74. The molecule has 96 valence electrons. The largest absolute Gasteiger partial charge is 0.356 e. The van der Waals surface area contributed by atoms with Crippen LogP contribution in [0.5, 0.6) is 0 Å². The van der Waals surface area contributed by atoms with Gasteiger partial charge in [0, 0.05) is 13.0 Å². The number of nitrogens with one attached hydrogen (secondary N) is 1. The Morgan fingerprint density at radius 1 is 1.44 bits per heavy atom. The Kier molecular flexibility index (Phi) is 5.86. The van der Waals surface area contributed by atoms with Crippen LogP contribution in [0.2, 0.25) is 0 Å². The Morgan fingerprint density at radius 2 is 2.11 bits per heavy atom. The van der Waals surface area contributed by atoms with Crippen molar-refractivity contribution in [3.63, 3.8) is 0 Å². The molecule has 0 saturated heterocycles. The third-order valence-electron chi connectivity index (χ3n) is 2.66. The van der Waals surface area contributed by atoms with E-state index < -0.39 is 0 Å². The number of rotatable bonds is 6. The van der Waals surface area contributed by atoms with Crippen LogP contribution in [0.3, 0.4) is 0 Å². The SMILES string of the molecule is CCCNC(=O)CCC(C#N)c1ccc(F)cc1. The number of carbonyl (C=O) groups is 1. The minimum Gasteiger partial charge on any atom is -0.356 e. The zero-order chi connectivity index (χ0) is 13.4. The highest BCUT2D eigenvalue weighted by Gasteiger charge is 2.12. The summed E-state index contributed by atoms with van der Waals surface area (Å²) >= 11 is 0. The number of hydrogen-bond donors (Lipinski definition) is 1. The average Bonchev–Trinajstić information content (AvgIpc) is 2.39. The molecule has 0 heterocycles. The second-order valence-corrected chi connectivity index (χ2v) is 4.12. The van der Waals surface area contributed by atoms with E-state index in [1.165, 1.54) is 12.1 Å². The molecule has 0 radical (unpaired) electrons. The summed E-state index contributed by atoms with van der Waals surface area (Å²) in [5.41, 5.74) is 0.752. The summed E-state index contributed by atoms with van der Waals surface area (Å²) in [5.74, 6) is -0.728. The molecular formula is C14H17FN2O. The van der Waals surface area contributed by atoms with Gasteiger partial charge in [-0.25, -0.2) is 4.39 Å². The Bertz CT molecular complexity index is 422. The van der Waals surface area contributed by atoms with Gasteiger partial charge in [-0.05, 0) is 30.5 Å². The lowest BCUT2D eigenvalue weighted by atomic mass is 9.95. The number of amides is 1. The third-order valence-corrected chi connectivity index (χ3v) is 2.66. The summed E-state index contributed by atoms with van der Waals surface area (Å²) in [7, 11) is 0. The van der Waals surface area contributed by atoms with Crippen LogP contribution >= 0.6 is 0 Å². The summed E-state index contributed by atoms with van der Waals surface area (Å²) in [6, 6.07) is 7.99. The first kappa shape index (κ1) is 14.2. The van der Waals surface area contributed by atoms with Gasteiger partial charge in [0.2, 0.25) is 5.91 Å². The molecule has 1 rings (SSSR count). The molecule has 0 aliphatic rings. The highest BCUT2D eigenvalue weighted by atomic mass is 19.1. The van der Waals surface area contributed by atoms with E-state index in [1.807, 2.05) is 6.92 Å². The Balaban J connectivity index is 2.50. The minimum absolute atomic E-state index is 0.0424. The maximum atomic E-state index is 12.8. The summed E-state index contributed by atoms with van der Waals surface area (Å²) in [6.45, 7) is 2.64. The molecule has 18 heavy (non-hydrogen) atoms. The number of nitrogens with zero attached hydrogens (tertiary/aromatic N) is 1. The molecule has 1 aromatic carbocycles. The van der Waals surface area contributed by atoms with Crippen molar-refractivity contribution in [3.8, 4) is 6.07 Å². The summed E-state index contributed by atoms with van der Waals surface area (Å²) in [4.78, 5) is 11.4. The molecule has 3 nitrogen and oxygen atoms in total. The zero-order valence-electron chi connectivity index (χ0n) is 10.4. The average molecular weight is 248 g/mol. The second kappa shape index (κ2) is 7.44. The van der Waals surface area contributed by atoms with Crippen molar-refractivity contribution in [2.24, 2.45) is 0 Å². The molecule has 0 aromatic heterocycles. The predicted molar refractivity (Wildman–Crippen MR) is 67.3 cm³/mol. The Labute approximate surface area is 107 Å².